The molecule has 3 rings (SSSR count). The lowest BCUT2D eigenvalue weighted by Gasteiger charge is -2.25. The molecule has 4 nitrogen and oxygen atoms in total. The molecule has 0 saturated heterocycles. The molecule has 1 amide bonds. The SMILES string of the molecule is O=C1NCCCCN/C(Cl)=C\1c1ccc(Cl)c(OCC2CCC2)c1. The molecule has 1 aromatic carbocycles. The molecule has 1 saturated carbocycles. The van der Waals surface area contributed by atoms with Gasteiger partial charge in [0.05, 0.1) is 17.2 Å². The predicted molar refractivity (Wildman–Crippen MR) is 97.3 cm³/mol. The predicted octanol–water partition coefficient (Wildman–Crippen LogP) is 3.93. The van der Waals surface area contributed by atoms with E-state index in [2.05, 4.69) is 10.6 Å². The third kappa shape index (κ3) is 4.17. The molecule has 1 fully saturated rings. The Bertz CT molecular complexity index is 642. The van der Waals surface area contributed by atoms with Gasteiger partial charge in [0.1, 0.15) is 10.9 Å². The first-order valence-electron chi connectivity index (χ1n) is 8.49. The summed E-state index contributed by atoms with van der Waals surface area (Å²) in [5, 5.41) is 6.94. The van der Waals surface area contributed by atoms with Crippen LogP contribution in [0.15, 0.2) is 23.4 Å². The topological polar surface area (TPSA) is 50.4 Å². The van der Waals surface area contributed by atoms with E-state index in [9.17, 15) is 4.79 Å². The lowest BCUT2D eigenvalue weighted by atomic mass is 9.86. The molecular weight excluding hydrogens is 347 g/mol. The van der Waals surface area contributed by atoms with Gasteiger partial charge in [-0.05, 0) is 49.3 Å². The van der Waals surface area contributed by atoms with E-state index in [0.717, 1.165) is 19.4 Å². The molecule has 1 aromatic rings. The molecule has 0 aromatic heterocycles. The van der Waals surface area contributed by atoms with E-state index >= 15 is 0 Å². The minimum atomic E-state index is -0.179. The second-order valence-corrected chi connectivity index (χ2v) is 7.12. The van der Waals surface area contributed by atoms with Crippen LogP contribution >= 0.6 is 23.2 Å². The highest BCUT2D eigenvalue weighted by Crippen LogP contribution is 2.33. The van der Waals surface area contributed by atoms with Gasteiger partial charge in [0.25, 0.3) is 5.91 Å². The lowest BCUT2D eigenvalue weighted by molar-refractivity contribution is -0.115. The minimum absolute atomic E-state index is 0.179. The summed E-state index contributed by atoms with van der Waals surface area (Å²) in [6, 6.07) is 5.36. The van der Waals surface area contributed by atoms with Gasteiger partial charge in [-0.1, -0.05) is 35.7 Å². The summed E-state index contributed by atoms with van der Waals surface area (Å²) < 4.78 is 5.87. The number of benzene rings is 1. The Morgan fingerprint density at radius 1 is 1.08 bits per heavy atom. The van der Waals surface area contributed by atoms with E-state index < -0.39 is 0 Å². The normalized spacial score (nSPS) is 22.5. The lowest BCUT2D eigenvalue weighted by Crippen LogP contribution is -2.26. The van der Waals surface area contributed by atoms with Crippen molar-refractivity contribution < 1.29 is 9.53 Å². The highest BCUT2D eigenvalue weighted by molar-refractivity contribution is 6.39. The average Bonchev–Trinajstić information content (AvgIpc) is 2.59. The smallest absolute Gasteiger partial charge is 0.254 e. The summed E-state index contributed by atoms with van der Waals surface area (Å²) in [5.41, 5.74) is 1.14. The number of rotatable bonds is 4. The summed E-state index contributed by atoms with van der Waals surface area (Å²) in [6.45, 7) is 2.06. The van der Waals surface area contributed by atoms with Crippen molar-refractivity contribution in [2.24, 2.45) is 5.92 Å². The van der Waals surface area contributed by atoms with E-state index in [0.29, 0.717) is 46.1 Å². The zero-order valence-electron chi connectivity index (χ0n) is 13.5. The maximum Gasteiger partial charge on any atom is 0.254 e. The number of hydrogen-bond donors (Lipinski definition) is 2. The van der Waals surface area contributed by atoms with E-state index in [1.807, 2.05) is 0 Å². The third-order valence-corrected chi connectivity index (χ3v) is 5.17. The van der Waals surface area contributed by atoms with Crippen molar-refractivity contribution in [2.75, 3.05) is 19.7 Å². The maximum absolute atomic E-state index is 12.5. The monoisotopic (exact) mass is 368 g/mol. The van der Waals surface area contributed by atoms with Crippen LogP contribution in [0.4, 0.5) is 0 Å². The first-order valence-corrected chi connectivity index (χ1v) is 9.25. The number of ether oxygens (including phenoxy) is 1. The van der Waals surface area contributed by atoms with Crippen LogP contribution in [-0.4, -0.2) is 25.6 Å². The zero-order valence-corrected chi connectivity index (χ0v) is 15.1. The van der Waals surface area contributed by atoms with Crippen molar-refractivity contribution in [3.8, 4) is 5.75 Å². The highest BCUT2D eigenvalue weighted by Gasteiger charge is 2.21. The van der Waals surface area contributed by atoms with E-state index in [-0.39, 0.29) is 5.91 Å². The van der Waals surface area contributed by atoms with Crippen LogP contribution in [0.5, 0.6) is 5.75 Å². The molecular formula is C18H22Cl2N2O2. The molecule has 1 aliphatic carbocycles. The van der Waals surface area contributed by atoms with Crippen molar-refractivity contribution >= 4 is 34.7 Å². The standard InChI is InChI=1S/C18H22Cl2N2O2/c19-14-7-6-13(10-15(14)24-11-12-4-3-5-12)16-17(20)21-8-1-2-9-22-18(16)23/h6-7,10,12,21H,1-5,8-9,11H2,(H,22,23)/b17-16-. The summed E-state index contributed by atoms with van der Waals surface area (Å²) in [7, 11) is 0. The molecule has 6 heteroatoms. The second-order valence-electron chi connectivity index (χ2n) is 6.33. The van der Waals surface area contributed by atoms with Gasteiger partial charge in [0.15, 0.2) is 0 Å². The van der Waals surface area contributed by atoms with Crippen LogP contribution < -0.4 is 15.4 Å². The van der Waals surface area contributed by atoms with Gasteiger partial charge in [0, 0.05) is 13.1 Å². The fraction of sp³-hybridized carbons (Fsp3) is 0.500. The number of halogens is 2. The first-order chi connectivity index (χ1) is 11.6. The Kier molecular flexibility index (Phi) is 5.90. The Balaban J connectivity index is 1.84. The Morgan fingerprint density at radius 3 is 2.54 bits per heavy atom. The van der Waals surface area contributed by atoms with Crippen molar-refractivity contribution in [1.29, 1.82) is 0 Å². The van der Waals surface area contributed by atoms with Gasteiger partial charge < -0.3 is 15.4 Å². The summed E-state index contributed by atoms with van der Waals surface area (Å²) in [4.78, 5) is 12.5. The van der Waals surface area contributed by atoms with Crippen LogP contribution in [0.2, 0.25) is 5.02 Å². The molecule has 1 heterocycles. The number of hydrogen-bond acceptors (Lipinski definition) is 3. The van der Waals surface area contributed by atoms with Crippen molar-refractivity contribution in [3.05, 3.63) is 33.9 Å². The van der Waals surface area contributed by atoms with Gasteiger partial charge in [-0.2, -0.15) is 0 Å². The average molecular weight is 369 g/mol. The van der Waals surface area contributed by atoms with E-state index in [1.54, 1.807) is 18.2 Å². The Hall–Kier alpha value is -1.39. The van der Waals surface area contributed by atoms with Crippen LogP contribution in [0, 0.1) is 5.92 Å². The van der Waals surface area contributed by atoms with Crippen LogP contribution in [0.3, 0.4) is 0 Å². The highest BCUT2D eigenvalue weighted by atomic mass is 35.5. The fourth-order valence-electron chi connectivity index (χ4n) is 2.82. The van der Waals surface area contributed by atoms with Gasteiger partial charge in [-0.3, -0.25) is 4.79 Å². The molecule has 2 aliphatic rings. The van der Waals surface area contributed by atoms with Crippen molar-refractivity contribution in [3.63, 3.8) is 0 Å². The van der Waals surface area contributed by atoms with E-state index in [4.69, 9.17) is 27.9 Å². The Morgan fingerprint density at radius 2 is 1.83 bits per heavy atom. The van der Waals surface area contributed by atoms with E-state index in [1.165, 1.54) is 19.3 Å². The van der Waals surface area contributed by atoms with Gasteiger partial charge in [-0.15, -0.1) is 0 Å². The molecule has 0 radical (unpaired) electrons. The number of carbonyl (C=O) groups is 1. The largest absolute Gasteiger partial charge is 0.492 e. The minimum Gasteiger partial charge on any atom is -0.492 e. The molecule has 24 heavy (non-hydrogen) atoms. The summed E-state index contributed by atoms with van der Waals surface area (Å²) in [5.74, 6) is 1.04. The summed E-state index contributed by atoms with van der Waals surface area (Å²) >= 11 is 12.6. The fourth-order valence-corrected chi connectivity index (χ4v) is 3.28. The number of nitrogens with one attached hydrogen (secondary N) is 2. The van der Waals surface area contributed by atoms with Crippen molar-refractivity contribution in [2.45, 2.75) is 32.1 Å². The molecule has 0 unspecified atom stereocenters. The molecule has 0 spiro atoms. The molecule has 0 bridgehead atoms. The van der Waals surface area contributed by atoms with Crippen molar-refractivity contribution in [1.82, 2.24) is 10.6 Å². The maximum atomic E-state index is 12.5. The second kappa shape index (κ2) is 8.13. The molecule has 130 valence electrons. The van der Waals surface area contributed by atoms with Gasteiger partial charge in [0.2, 0.25) is 0 Å². The third-order valence-electron chi connectivity index (χ3n) is 4.54. The number of amides is 1. The van der Waals surface area contributed by atoms with Gasteiger partial charge >= 0.3 is 0 Å². The van der Waals surface area contributed by atoms with Crippen LogP contribution in [-0.2, 0) is 4.79 Å². The molecule has 2 N–H and O–H groups in total. The quantitative estimate of drug-likeness (QED) is 0.791. The zero-order chi connectivity index (χ0) is 16.9. The van der Waals surface area contributed by atoms with Gasteiger partial charge in [-0.25, -0.2) is 0 Å². The summed E-state index contributed by atoms with van der Waals surface area (Å²) in [6.07, 6.45) is 5.57. The first kappa shape index (κ1) is 17.4. The van der Waals surface area contributed by atoms with Crippen LogP contribution in [0.25, 0.3) is 5.57 Å². The van der Waals surface area contributed by atoms with Crippen LogP contribution in [0.1, 0.15) is 37.7 Å². The Labute approximate surface area is 152 Å². The molecule has 0 atom stereocenters. The molecule has 1 aliphatic heterocycles. The number of carbonyl (C=O) groups excluding carboxylic acids is 1.